The average Bonchev–Trinajstić information content (AvgIpc) is 2.49. The summed E-state index contributed by atoms with van der Waals surface area (Å²) in [7, 11) is 5.99. The third-order valence-electron chi connectivity index (χ3n) is 2.98. The number of hydrogen-bond donors (Lipinski definition) is 0. The van der Waals surface area contributed by atoms with Crippen molar-refractivity contribution < 1.29 is 19.3 Å². The number of carbonyl (C=O) groups excluding carboxylic acids is 1. The molecule has 0 unspecified atom stereocenters. The van der Waals surface area contributed by atoms with Crippen molar-refractivity contribution >= 4 is 19.3 Å². The summed E-state index contributed by atoms with van der Waals surface area (Å²) < 4.78 is 5.22. The highest BCUT2D eigenvalue weighted by Crippen LogP contribution is 2.06. The van der Waals surface area contributed by atoms with E-state index < -0.39 is 0 Å². The summed E-state index contributed by atoms with van der Waals surface area (Å²) in [5.41, 5.74) is 1.48. The zero-order chi connectivity index (χ0) is 15.5. The van der Waals surface area contributed by atoms with E-state index in [1.165, 1.54) is 0 Å². The number of benzene rings is 1. The smallest absolute Gasteiger partial charge is 0.337 e. The Bertz CT molecular complexity index is 434. The maximum absolute atomic E-state index is 12.0. The van der Waals surface area contributed by atoms with Crippen LogP contribution in [0.3, 0.4) is 0 Å². The Labute approximate surface area is 128 Å². The van der Waals surface area contributed by atoms with Gasteiger partial charge in [-0.1, -0.05) is 44.3 Å². The van der Waals surface area contributed by atoms with Crippen molar-refractivity contribution in [2.75, 3.05) is 13.2 Å². The van der Waals surface area contributed by atoms with E-state index in [2.05, 4.69) is 6.92 Å². The second-order valence-corrected chi connectivity index (χ2v) is 4.81. The molecule has 0 amide bonds. The predicted octanol–water partition coefficient (Wildman–Crippen LogP) is 2.69. The molecule has 0 spiro atoms. The molecular formula is C16H23BO4. The first-order valence-electron chi connectivity index (χ1n) is 7.49. The average molecular weight is 290 g/mol. The van der Waals surface area contributed by atoms with Crippen LogP contribution in [0.4, 0.5) is 0 Å². The molecular weight excluding hydrogens is 267 g/mol. The van der Waals surface area contributed by atoms with Gasteiger partial charge >= 0.3 is 5.97 Å². The number of carbonyl (C=O) groups is 1. The van der Waals surface area contributed by atoms with Gasteiger partial charge in [0, 0.05) is 0 Å². The Hall–Kier alpha value is -1.33. The number of esters is 1. The minimum absolute atomic E-state index is 0.211. The summed E-state index contributed by atoms with van der Waals surface area (Å²) in [6.45, 7) is 5.26. The fraction of sp³-hybridized carbons (Fsp3) is 0.562. The van der Waals surface area contributed by atoms with Crippen LogP contribution in [0.25, 0.3) is 0 Å². The molecule has 0 N–H and O–H groups in total. The standard InChI is InChI=1S/C16H23BO4/c1-3-5-6-11-19-16(18)14-9-7-8-13(15(14)17)12-21-20-10-4-2/h7-9H,3-6,10-12H2,1-2H3. The Morgan fingerprint density at radius 2 is 1.90 bits per heavy atom. The molecule has 1 rings (SSSR count). The van der Waals surface area contributed by atoms with E-state index in [4.69, 9.17) is 22.4 Å². The normalized spacial score (nSPS) is 10.6. The van der Waals surface area contributed by atoms with E-state index >= 15 is 0 Å². The molecule has 0 heterocycles. The summed E-state index contributed by atoms with van der Waals surface area (Å²) in [5.74, 6) is -0.389. The van der Waals surface area contributed by atoms with Crippen LogP contribution in [0.1, 0.15) is 55.5 Å². The lowest BCUT2D eigenvalue weighted by Crippen LogP contribution is -2.22. The van der Waals surface area contributed by atoms with Gasteiger partial charge in [0.25, 0.3) is 0 Å². The predicted molar refractivity (Wildman–Crippen MR) is 82.7 cm³/mol. The van der Waals surface area contributed by atoms with Gasteiger partial charge in [0.1, 0.15) is 14.5 Å². The van der Waals surface area contributed by atoms with E-state index in [1.54, 1.807) is 18.2 Å². The van der Waals surface area contributed by atoms with E-state index in [1.807, 2.05) is 6.92 Å². The lowest BCUT2D eigenvalue weighted by atomic mass is 9.86. The number of ether oxygens (including phenoxy) is 1. The van der Waals surface area contributed by atoms with Gasteiger partial charge in [-0.15, -0.1) is 0 Å². The number of unbranched alkanes of at least 4 members (excludes halogenated alkanes) is 2. The second kappa shape index (κ2) is 10.4. The van der Waals surface area contributed by atoms with Crippen LogP contribution in [0.15, 0.2) is 18.2 Å². The molecule has 0 aromatic heterocycles. The molecule has 1 aromatic rings. The van der Waals surface area contributed by atoms with Gasteiger partial charge in [-0.2, -0.15) is 0 Å². The van der Waals surface area contributed by atoms with Crippen molar-refractivity contribution in [1.29, 1.82) is 0 Å². The largest absolute Gasteiger partial charge is 0.462 e. The van der Waals surface area contributed by atoms with Gasteiger partial charge in [0.05, 0.1) is 18.8 Å². The first-order valence-corrected chi connectivity index (χ1v) is 7.49. The second-order valence-electron chi connectivity index (χ2n) is 4.81. The Kier molecular flexibility index (Phi) is 8.79. The molecule has 5 heteroatoms. The van der Waals surface area contributed by atoms with Crippen molar-refractivity contribution in [3.05, 3.63) is 29.3 Å². The minimum Gasteiger partial charge on any atom is -0.462 e. The molecule has 0 aliphatic rings. The fourth-order valence-corrected chi connectivity index (χ4v) is 1.76. The summed E-state index contributed by atoms with van der Waals surface area (Å²) >= 11 is 0. The molecule has 21 heavy (non-hydrogen) atoms. The van der Waals surface area contributed by atoms with Crippen LogP contribution < -0.4 is 5.46 Å². The molecule has 0 saturated heterocycles. The minimum atomic E-state index is -0.389. The molecule has 2 radical (unpaired) electrons. The molecule has 0 saturated carbocycles. The molecule has 114 valence electrons. The van der Waals surface area contributed by atoms with Gasteiger partial charge in [-0.3, -0.25) is 0 Å². The van der Waals surface area contributed by atoms with E-state index in [9.17, 15) is 4.79 Å². The van der Waals surface area contributed by atoms with Crippen LogP contribution in [0.2, 0.25) is 0 Å². The Morgan fingerprint density at radius 1 is 1.10 bits per heavy atom. The monoisotopic (exact) mass is 290 g/mol. The van der Waals surface area contributed by atoms with Crippen LogP contribution in [0, 0.1) is 0 Å². The first kappa shape index (κ1) is 17.7. The summed E-state index contributed by atoms with van der Waals surface area (Å²) in [4.78, 5) is 22.0. The SMILES string of the molecule is [B]c1c(COOCCC)cccc1C(=O)OCCCCC. The molecule has 0 aliphatic heterocycles. The zero-order valence-corrected chi connectivity index (χ0v) is 12.9. The number of hydrogen-bond acceptors (Lipinski definition) is 4. The van der Waals surface area contributed by atoms with Crippen molar-refractivity contribution in [2.24, 2.45) is 0 Å². The maximum Gasteiger partial charge on any atom is 0.337 e. The van der Waals surface area contributed by atoms with Crippen molar-refractivity contribution in [3.8, 4) is 0 Å². The van der Waals surface area contributed by atoms with Crippen molar-refractivity contribution in [3.63, 3.8) is 0 Å². The summed E-state index contributed by atoms with van der Waals surface area (Å²) in [6.07, 6.45) is 3.88. The van der Waals surface area contributed by atoms with Gasteiger partial charge in [0.2, 0.25) is 0 Å². The summed E-state index contributed by atoms with van der Waals surface area (Å²) in [5, 5.41) is 0. The third kappa shape index (κ3) is 6.32. The van der Waals surface area contributed by atoms with E-state index in [0.29, 0.717) is 29.8 Å². The van der Waals surface area contributed by atoms with E-state index in [-0.39, 0.29) is 12.6 Å². The highest BCUT2D eigenvalue weighted by Gasteiger charge is 2.12. The molecule has 4 nitrogen and oxygen atoms in total. The summed E-state index contributed by atoms with van der Waals surface area (Å²) in [6, 6.07) is 5.23. The molecule has 0 aliphatic carbocycles. The molecule has 1 aromatic carbocycles. The highest BCUT2D eigenvalue weighted by atomic mass is 17.2. The van der Waals surface area contributed by atoms with Gasteiger partial charge in [0.15, 0.2) is 0 Å². The van der Waals surface area contributed by atoms with Gasteiger partial charge in [-0.25, -0.2) is 14.6 Å². The van der Waals surface area contributed by atoms with E-state index in [0.717, 1.165) is 25.7 Å². The highest BCUT2D eigenvalue weighted by molar-refractivity contribution is 6.37. The topological polar surface area (TPSA) is 44.8 Å². The fourth-order valence-electron chi connectivity index (χ4n) is 1.76. The first-order chi connectivity index (χ1) is 10.2. The van der Waals surface area contributed by atoms with Crippen molar-refractivity contribution in [2.45, 2.75) is 46.1 Å². The Balaban J connectivity index is 2.56. The molecule has 0 bridgehead atoms. The van der Waals surface area contributed by atoms with Crippen LogP contribution in [0.5, 0.6) is 0 Å². The third-order valence-corrected chi connectivity index (χ3v) is 2.98. The van der Waals surface area contributed by atoms with Crippen LogP contribution in [-0.2, 0) is 21.1 Å². The maximum atomic E-state index is 12.0. The molecule has 0 atom stereocenters. The van der Waals surface area contributed by atoms with Crippen LogP contribution >= 0.6 is 0 Å². The van der Waals surface area contributed by atoms with Gasteiger partial charge in [-0.05, 0) is 24.5 Å². The molecule has 0 fully saturated rings. The quantitative estimate of drug-likeness (QED) is 0.218. The van der Waals surface area contributed by atoms with Crippen LogP contribution in [-0.4, -0.2) is 27.0 Å². The Morgan fingerprint density at radius 3 is 2.62 bits per heavy atom. The van der Waals surface area contributed by atoms with Crippen molar-refractivity contribution in [1.82, 2.24) is 0 Å². The van der Waals surface area contributed by atoms with Gasteiger partial charge < -0.3 is 4.74 Å². The lowest BCUT2D eigenvalue weighted by Gasteiger charge is -2.11. The number of rotatable bonds is 10. The zero-order valence-electron chi connectivity index (χ0n) is 12.9. The lowest BCUT2D eigenvalue weighted by molar-refractivity contribution is -0.303.